The average Bonchev–Trinajstić information content (AvgIpc) is 3.32. The summed E-state index contributed by atoms with van der Waals surface area (Å²) in [6.07, 6.45) is 12.8. The van der Waals surface area contributed by atoms with Crippen molar-refractivity contribution >= 4 is 0 Å². The number of hydroxylamine groups is 1. The van der Waals surface area contributed by atoms with E-state index in [4.69, 9.17) is 9.94 Å². The molecule has 0 spiro atoms. The zero-order valence-electron chi connectivity index (χ0n) is 18.5. The van der Waals surface area contributed by atoms with Gasteiger partial charge in [0.2, 0.25) is 0 Å². The zero-order valence-corrected chi connectivity index (χ0v) is 18.5. The van der Waals surface area contributed by atoms with Crippen molar-refractivity contribution in [1.82, 2.24) is 15.3 Å². The quantitative estimate of drug-likeness (QED) is 0.715. The summed E-state index contributed by atoms with van der Waals surface area (Å²) in [7, 11) is 0. The fourth-order valence-corrected chi connectivity index (χ4v) is 7.23. The minimum absolute atomic E-state index is 0.235. The summed E-state index contributed by atoms with van der Waals surface area (Å²) in [5.41, 5.74) is 7.79. The second-order valence-electron chi connectivity index (χ2n) is 11.3. The van der Waals surface area contributed by atoms with Crippen molar-refractivity contribution in [3.63, 3.8) is 0 Å². The molecule has 3 fully saturated rings. The van der Waals surface area contributed by atoms with Crippen molar-refractivity contribution in [2.75, 3.05) is 0 Å². The fourth-order valence-electron chi connectivity index (χ4n) is 7.23. The van der Waals surface area contributed by atoms with Crippen LogP contribution < -0.4 is 5.48 Å². The van der Waals surface area contributed by atoms with Gasteiger partial charge in [0, 0.05) is 23.7 Å². The molecule has 1 heterocycles. The molecule has 162 valence electrons. The molecule has 4 aliphatic carbocycles. The number of hydrogen-bond acceptors (Lipinski definition) is 4. The van der Waals surface area contributed by atoms with Crippen LogP contribution in [0.1, 0.15) is 102 Å². The van der Waals surface area contributed by atoms with Gasteiger partial charge < -0.3 is 5.11 Å². The van der Waals surface area contributed by atoms with Crippen LogP contribution in [-0.4, -0.2) is 27.0 Å². The van der Waals surface area contributed by atoms with E-state index in [-0.39, 0.29) is 11.5 Å². The van der Waals surface area contributed by atoms with E-state index in [1.165, 1.54) is 62.6 Å². The van der Waals surface area contributed by atoms with E-state index in [1.54, 1.807) is 0 Å². The van der Waals surface area contributed by atoms with Crippen LogP contribution in [0.2, 0.25) is 0 Å². The highest BCUT2D eigenvalue weighted by Gasteiger charge is 2.59. The molecule has 3 saturated carbocycles. The van der Waals surface area contributed by atoms with Gasteiger partial charge >= 0.3 is 0 Å². The highest BCUT2D eigenvalue weighted by molar-refractivity contribution is 5.30. The standard InChI is InChI=1S/C24H39N3O2/c1-23(2)16-11-12-24(3,14-16)22(23)26-29-15-20-19-13-18(28)9-10-21(19)27(25-20)17-7-5-4-6-8-17/h16-18,22,26,28H,4-15H2,1-3H3. The van der Waals surface area contributed by atoms with Crippen LogP contribution in [0, 0.1) is 16.7 Å². The van der Waals surface area contributed by atoms with Crippen LogP contribution in [0.4, 0.5) is 0 Å². The Kier molecular flexibility index (Phi) is 5.07. The fraction of sp³-hybridized carbons (Fsp3) is 0.875. The molecule has 1 aromatic heterocycles. The van der Waals surface area contributed by atoms with Crippen molar-refractivity contribution in [3.05, 3.63) is 17.0 Å². The second-order valence-corrected chi connectivity index (χ2v) is 11.3. The molecule has 5 nitrogen and oxygen atoms in total. The van der Waals surface area contributed by atoms with Crippen LogP contribution in [-0.2, 0) is 24.3 Å². The summed E-state index contributed by atoms with van der Waals surface area (Å²) in [5.74, 6) is 0.807. The lowest BCUT2D eigenvalue weighted by molar-refractivity contribution is -0.0619. The molecule has 4 unspecified atom stereocenters. The predicted molar refractivity (Wildman–Crippen MR) is 113 cm³/mol. The molecule has 4 aliphatic rings. The largest absolute Gasteiger partial charge is 0.393 e. The monoisotopic (exact) mass is 401 g/mol. The van der Waals surface area contributed by atoms with Gasteiger partial charge in [0.15, 0.2) is 0 Å². The lowest BCUT2D eigenvalue weighted by Crippen LogP contribution is -2.50. The van der Waals surface area contributed by atoms with Gasteiger partial charge in [-0.15, -0.1) is 0 Å². The Morgan fingerprint density at radius 1 is 1.14 bits per heavy atom. The number of aromatic nitrogens is 2. The molecule has 0 aliphatic heterocycles. The Bertz CT molecular complexity index is 747. The molecule has 0 amide bonds. The van der Waals surface area contributed by atoms with E-state index in [0.29, 0.717) is 24.1 Å². The van der Waals surface area contributed by atoms with Gasteiger partial charge in [-0.05, 0) is 61.7 Å². The van der Waals surface area contributed by atoms with E-state index < -0.39 is 0 Å². The van der Waals surface area contributed by atoms with Crippen molar-refractivity contribution < 1.29 is 9.94 Å². The summed E-state index contributed by atoms with van der Waals surface area (Å²) < 4.78 is 2.32. The molecule has 4 atom stereocenters. The lowest BCUT2D eigenvalue weighted by atomic mass is 9.69. The first-order valence-corrected chi connectivity index (χ1v) is 12.0. The smallest absolute Gasteiger partial charge is 0.112 e. The molecular weight excluding hydrogens is 362 g/mol. The van der Waals surface area contributed by atoms with Crippen LogP contribution in [0.25, 0.3) is 0 Å². The Morgan fingerprint density at radius 3 is 2.66 bits per heavy atom. The van der Waals surface area contributed by atoms with E-state index >= 15 is 0 Å². The van der Waals surface area contributed by atoms with E-state index in [9.17, 15) is 5.11 Å². The number of hydrogen-bond donors (Lipinski definition) is 2. The number of aliphatic hydroxyl groups is 1. The molecule has 2 N–H and O–H groups in total. The summed E-state index contributed by atoms with van der Waals surface area (Å²) in [4.78, 5) is 6.15. The van der Waals surface area contributed by atoms with E-state index in [0.717, 1.165) is 30.9 Å². The average molecular weight is 402 g/mol. The molecule has 5 rings (SSSR count). The topological polar surface area (TPSA) is 59.3 Å². The van der Waals surface area contributed by atoms with Gasteiger partial charge in [0.1, 0.15) is 6.61 Å². The van der Waals surface area contributed by atoms with Crippen molar-refractivity contribution in [3.8, 4) is 0 Å². The zero-order chi connectivity index (χ0) is 20.2. The number of aliphatic hydroxyl groups excluding tert-OH is 1. The van der Waals surface area contributed by atoms with Gasteiger partial charge in [-0.2, -0.15) is 10.6 Å². The first-order chi connectivity index (χ1) is 13.9. The third-order valence-corrected chi connectivity index (χ3v) is 8.96. The summed E-state index contributed by atoms with van der Waals surface area (Å²) in [5, 5.41) is 15.3. The van der Waals surface area contributed by atoms with Crippen molar-refractivity contribution in [2.24, 2.45) is 16.7 Å². The Morgan fingerprint density at radius 2 is 1.93 bits per heavy atom. The van der Waals surface area contributed by atoms with Crippen LogP contribution in [0.5, 0.6) is 0 Å². The maximum absolute atomic E-state index is 10.3. The van der Waals surface area contributed by atoms with Gasteiger partial charge in [-0.1, -0.05) is 40.0 Å². The summed E-state index contributed by atoms with van der Waals surface area (Å²) >= 11 is 0. The highest BCUT2D eigenvalue weighted by Crippen LogP contribution is 2.62. The molecule has 29 heavy (non-hydrogen) atoms. The maximum atomic E-state index is 10.3. The predicted octanol–water partition coefficient (Wildman–Crippen LogP) is 4.47. The van der Waals surface area contributed by atoms with Gasteiger partial charge in [-0.25, -0.2) is 0 Å². The van der Waals surface area contributed by atoms with Gasteiger partial charge in [0.25, 0.3) is 0 Å². The van der Waals surface area contributed by atoms with E-state index in [2.05, 4.69) is 30.9 Å². The number of rotatable bonds is 5. The van der Waals surface area contributed by atoms with Crippen LogP contribution in [0.3, 0.4) is 0 Å². The van der Waals surface area contributed by atoms with E-state index in [1.807, 2.05) is 0 Å². The minimum Gasteiger partial charge on any atom is -0.393 e. The first-order valence-electron chi connectivity index (χ1n) is 12.0. The third-order valence-electron chi connectivity index (χ3n) is 8.96. The van der Waals surface area contributed by atoms with Crippen LogP contribution >= 0.6 is 0 Å². The number of nitrogens with zero attached hydrogens (tertiary/aromatic N) is 2. The Hall–Kier alpha value is -0.910. The third kappa shape index (κ3) is 3.37. The molecule has 5 heteroatoms. The highest BCUT2D eigenvalue weighted by atomic mass is 16.6. The Balaban J connectivity index is 1.31. The molecule has 1 aromatic rings. The summed E-state index contributed by atoms with van der Waals surface area (Å²) in [6.45, 7) is 7.74. The Labute approximate surface area is 175 Å². The molecule has 0 aromatic carbocycles. The molecule has 2 bridgehead atoms. The molecule has 0 saturated heterocycles. The number of nitrogens with one attached hydrogen (secondary N) is 1. The molecular formula is C24H39N3O2. The normalized spacial score (nSPS) is 36.5. The maximum Gasteiger partial charge on any atom is 0.112 e. The second kappa shape index (κ2) is 7.35. The number of fused-ring (bicyclic) bond motifs is 3. The van der Waals surface area contributed by atoms with Crippen molar-refractivity contribution in [1.29, 1.82) is 0 Å². The molecule has 0 radical (unpaired) electrons. The van der Waals surface area contributed by atoms with Gasteiger partial charge in [0.05, 0.1) is 17.8 Å². The first kappa shape index (κ1) is 20.0. The lowest BCUT2D eigenvalue weighted by Gasteiger charge is -2.42. The van der Waals surface area contributed by atoms with Crippen LogP contribution in [0.15, 0.2) is 0 Å². The SMILES string of the molecule is CC12CCC(C1)C(C)(C)C2NOCc1nn(C2CCCCC2)c2c1CC(O)CC2. The minimum atomic E-state index is -0.235. The van der Waals surface area contributed by atoms with Crippen molar-refractivity contribution in [2.45, 2.75) is 116 Å². The van der Waals surface area contributed by atoms with Gasteiger partial charge in [-0.3, -0.25) is 9.52 Å². The summed E-state index contributed by atoms with van der Waals surface area (Å²) in [6, 6.07) is 0.938.